The van der Waals surface area contributed by atoms with Gasteiger partial charge in [0.1, 0.15) is 18.2 Å². The van der Waals surface area contributed by atoms with Gasteiger partial charge in [0.2, 0.25) is 5.91 Å². The van der Waals surface area contributed by atoms with E-state index in [1.165, 1.54) is 22.8 Å². The number of carbonyl (C=O) groups excluding carboxylic acids is 1. The molecule has 5 nitrogen and oxygen atoms in total. The average Bonchev–Trinajstić information content (AvgIpc) is 2.63. The first-order valence-electron chi connectivity index (χ1n) is 8.73. The van der Waals surface area contributed by atoms with Gasteiger partial charge in [0.25, 0.3) is 5.56 Å². The Labute approximate surface area is 146 Å². The minimum Gasteiger partial charge on any atom is -0.341 e. The van der Waals surface area contributed by atoms with Gasteiger partial charge in [0, 0.05) is 30.4 Å². The van der Waals surface area contributed by atoms with Crippen LogP contribution in [-0.2, 0) is 17.8 Å². The van der Waals surface area contributed by atoms with Crippen LogP contribution in [-0.4, -0.2) is 33.4 Å². The molecule has 1 fully saturated rings. The van der Waals surface area contributed by atoms with E-state index >= 15 is 0 Å². The lowest BCUT2D eigenvalue weighted by molar-refractivity contribution is -0.132. The number of aromatic nitrogens is 2. The van der Waals surface area contributed by atoms with E-state index in [1.807, 2.05) is 6.92 Å². The molecule has 2 heterocycles. The molecule has 1 amide bonds. The molecule has 0 spiro atoms. The topological polar surface area (TPSA) is 55.2 Å². The van der Waals surface area contributed by atoms with Gasteiger partial charge in [-0.25, -0.2) is 9.37 Å². The molecule has 0 aliphatic carbocycles. The molecule has 0 unspecified atom stereocenters. The zero-order chi connectivity index (χ0) is 17.8. The monoisotopic (exact) mass is 343 g/mol. The molecule has 0 N–H and O–H groups in total. The third-order valence-corrected chi connectivity index (χ3v) is 4.51. The molecule has 0 saturated carbocycles. The maximum atomic E-state index is 13.6. The lowest BCUT2D eigenvalue weighted by Crippen LogP contribution is -2.40. The summed E-state index contributed by atoms with van der Waals surface area (Å²) in [7, 11) is 0. The summed E-state index contributed by atoms with van der Waals surface area (Å²) in [4.78, 5) is 31.4. The maximum absolute atomic E-state index is 13.6. The first kappa shape index (κ1) is 17.3. The lowest BCUT2D eigenvalue weighted by atomic mass is 10.1. The second-order valence-corrected chi connectivity index (χ2v) is 6.30. The summed E-state index contributed by atoms with van der Waals surface area (Å²) >= 11 is 0. The summed E-state index contributed by atoms with van der Waals surface area (Å²) in [6.07, 6.45) is 3.71. The summed E-state index contributed by atoms with van der Waals surface area (Å²) in [5.41, 5.74) is 0.848. The van der Waals surface area contributed by atoms with Crippen LogP contribution in [0.15, 0.2) is 35.1 Å². The highest BCUT2D eigenvalue weighted by molar-refractivity contribution is 5.76. The Morgan fingerprint density at radius 1 is 1.20 bits per heavy atom. The Morgan fingerprint density at radius 3 is 2.64 bits per heavy atom. The van der Waals surface area contributed by atoms with E-state index in [0.29, 0.717) is 23.5 Å². The van der Waals surface area contributed by atoms with Gasteiger partial charge in [-0.2, -0.15) is 0 Å². The normalized spacial score (nSPS) is 14.6. The van der Waals surface area contributed by atoms with Gasteiger partial charge in [-0.05, 0) is 37.8 Å². The predicted octanol–water partition coefficient (Wildman–Crippen LogP) is 2.62. The quantitative estimate of drug-likeness (QED) is 0.857. The van der Waals surface area contributed by atoms with Crippen molar-refractivity contribution in [3.8, 4) is 11.4 Å². The molecule has 1 saturated heterocycles. The zero-order valence-corrected chi connectivity index (χ0v) is 14.4. The van der Waals surface area contributed by atoms with Crippen molar-refractivity contribution in [1.29, 1.82) is 0 Å². The number of piperidine rings is 1. The molecule has 0 atom stereocenters. The maximum Gasteiger partial charge on any atom is 0.254 e. The minimum absolute atomic E-state index is 0.0678. The van der Waals surface area contributed by atoms with Gasteiger partial charge in [-0.1, -0.05) is 19.1 Å². The number of aryl methyl sites for hydroxylation is 1. The number of amides is 1. The molecular weight excluding hydrogens is 321 g/mol. The summed E-state index contributed by atoms with van der Waals surface area (Å²) in [6.45, 7) is 3.29. The standard InChI is InChI=1S/C19H22FN3O2/c1-2-16-12-17(24)23(13-18(25)22-9-4-3-5-10-22)19(21-16)14-7-6-8-15(20)11-14/h6-8,11-12H,2-5,9-10,13H2,1H3. The summed E-state index contributed by atoms with van der Waals surface area (Å²) < 4.78 is 15.0. The first-order chi connectivity index (χ1) is 12.1. The van der Waals surface area contributed by atoms with Crippen molar-refractivity contribution in [1.82, 2.24) is 14.5 Å². The zero-order valence-electron chi connectivity index (χ0n) is 14.4. The van der Waals surface area contributed by atoms with Gasteiger partial charge in [0.05, 0.1) is 0 Å². The van der Waals surface area contributed by atoms with E-state index in [1.54, 1.807) is 17.0 Å². The van der Waals surface area contributed by atoms with Gasteiger partial charge in [0.15, 0.2) is 0 Å². The Morgan fingerprint density at radius 2 is 1.96 bits per heavy atom. The number of hydrogen-bond acceptors (Lipinski definition) is 3. The van der Waals surface area contributed by atoms with Gasteiger partial charge in [-0.15, -0.1) is 0 Å². The Kier molecular flexibility index (Phi) is 5.26. The largest absolute Gasteiger partial charge is 0.341 e. The lowest BCUT2D eigenvalue weighted by Gasteiger charge is -2.27. The fraction of sp³-hybridized carbons (Fsp3) is 0.421. The fourth-order valence-electron chi connectivity index (χ4n) is 3.11. The van der Waals surface area contributed by atoms with E-state index in [9.17, 15) is 14.0 Å². The van der Waals surface area contributed by atoms with Crippen LogP contribution in [0.25, 0.3) is 11.4 Å². The second kappa shape index (κ2) is 7.59. The van der Waals surface area contributed by atoms with E-state index in [2.05, 4.69) is 4.98 Å². The molecule has 1 aliphatic rings. The minimum atomic E-state index is -0.400. The van der Waals surface area contributed by atoms with Gasteiger partial charge >= 0.3 is 0 Å². The number of carbonyl (C=O) groups is 1. The highest BCUT2D eigenvalue weighted by Gasteiger charge is 2.20. The van der Waals surface area contributed by atoms with Crippen LogP contribution in [0.3, 0.4) is 0 Å². The van der Waals surface area contributed by atoms with Crippen LogP contribution in [0.1, 0.15) is 31.9 Å². The predicted molar refractivity (Wildman–Crippen MR) is 93.7 cm³/mol. The van der Waals surface area contributed by atoms with Crippen LogP contribution in [0.2, 0.25) is 0 Å². The summed E-state index contributed by atoms with van der Waals surface area (Å²) in [6, 6.07) is 7.41. The van der Waals surface area contributed by atoms with Crippen molar-refractivity contribution in [2.45, 2.75) is 39.2 Å². The van der Waals surface area contributed by atoms with Crippen LogP contribution < -0.4 is 5.56 Å². The number of likely N-dealkylation sites (tertiary alicyclic amines) is 1. The molecule has 1 aliphatic heterocycles. The van der Waals surface area contributed by atoms with Crippen LogP contribution in [0.5, 0.6) is 0 Å². The smallest absolute Gasteiger partial charge is 0.254 e. The van der Waals surface area contributed by atoms with Crippen molar-refractivity contribution in [3.05, 3.63) is 52.2 Å². The van der Waals surface area contributed by atoms with E-state index < -0.39 is 5.82 Å². The average molecular weight is 343 g/mol. The summed E-state index contributed by atoms with van der Waals surface area (Å²) in [5, 5.41) is 0. The highest BCUT2D eigenvalue weighted by atomic mass is 19.1. The number of rotatable bonds is 4. The van der Waals surface area contributed by atoms with E-state index in [4.69, 9.17) is 0 Å². The van der Waals surface area contributed by atoms with Crippen molar-refractivity contribution in [3.63, 3.8) is 0 Å². The molecule has 1 aromatic carbocycles. The third-order valence-electron chi connectivity index (χ3n) is 4.51. The number of hydrogen-bond donors (Lipinski definition) is 0. The second-order valence-electron chi connectivity index (χ2n) is 6.30. The number of benzene rings is 1. The molecule has 3 rings (SSSR count). The molecule has 6 heteroatoms. The highest BCUT2D eigenvalue weighted by Crippen LogP contribution is 2.18. The van der Waals surface area contributed by atoms with E-state index in [-0.39, 0.29) is 18.0 Å². The van der Waals surface area contributed by atoms with E-state index in [0.717, 1.165) is 32.4 Å². The van der Waals surface area contributed by atoms with Crippen molar-refractivity contribution >= 4 is 5.91 Å². The van der Waals surface area contributed by atoms with Crippen molar-refractivity contribution in [2.24, 2.45) is 0 Å². The number of halogens is 1. The first-order valence-corrected chi connectivity index (χ1v) is 8.73. The number of nitrogens with zero attached hydrogens (tertiary/aromatic N) is 3. The van der Waals surface area contributed by atoms with Crippen molar-refractivity contribution in [2.75, 3.05) is 13.1 Å². The Hall–Kier alpha value is -2.50. The molecule has 132 valence electrons. The molecule has 2 aromatic rings. The van der Waals surface area contributed by atoms with Gasteiger partial charge < -0.3 is 4.90 Å². The molecular formula is C19H22FN3O2. The molecule has 0 radical (unpaired) electrons. The van der Waals surface area contributed by atoms with Crippen LogP contribution in [0.4, 0.5) is 4.39 Å². The molecule has 25 heavy (non-hydrogen) atoms. The van der Waals surface area contributed by atoms with Crippen LogP contribution in [0, 0.1) is 5.82 Å². The fourth-order valence-corrected chi connectivity index (χ4v) is 3.11. The Bertz CT molecular complexity index is 826. The molecule has 1 aromatic heterocycles. The summed E-state index contributed by atoms with van der Waals surface area (Å²) in [5.74, 6) is -0.151. The van der Waals surface area contributed by atoms with Gasteiger partial charge in [-0.3, -0.25) is 14.2 Å². The van der Waals surface area contributed by atoms with Crippen molar-refractivity contribution < 1.29 is 9.18 Å². The van der Waals surface area contributed by atoms with Crippen LogP contribution >= 0.6 is 0 Å². The Balaban J connectivity index is 1.99. The third kappa shape index (κ3) is 3.95. The molecule has 0 bridgehead atoms. The SMILES string of the molecule is CCc1cc(=O)n(CC(=O)N2CCCCC2)c(-c2cccc(F)c2)n1.